The third-order valence-electron chi connectivity index (χ3n) is 14.1. The van der Waals surface area contributed by atoms with E-state index in [1.54, 1.807) is 11.0 Å². The summed E-state index contributed by atoms with van der Waals surface area (Å²) in [5, 5.41) is 12.6. The maximum absolute atomic E-state index is 13.6. The second kappa shape index (κ2) is 13.9. The first-order chi connectivity index (χ1) is 28.7. The summed E-state index contributed by atoms with van der Waals surface area (Å²) >= 11 is 0. The van der Waals surface area contributed by atoms with Gasteiger partial charge in [0.2, 0.25) is 17.7 Å². The Hall–Kier alpha value is -5.88. The van der Waals surface area contributed by atoms with E-state index in [0.29, 0.717) is 68.7 Å². The van der Waals surface area contributed by atoms with Crippen molar-refractivity contribution in [3.63, 3.8) is 0 Å². The summed E-state index contributed by atoms with van der Waals surface area (Å²) in [5.74, 6) is 0.820. The highest BCUT2D eigenvalue weighted by atomic mass is 16.5. The van der Waals surface area contributed by atoms with Crippen LogP contribution in [0.5, 0.6) is 11.5 Å². The highest BCUT2D eigenvalue weighted by molar-refractivity contribution is 6.06. The molecule has 0 radical (unpaired) electrons. The van der Waals surface area contributed by atoms with Gasteiger partial charge in [-0.25, -0.2) is 0 Å². The van der Waals surface area contributed by atoms with Gasteiger partial charge in [0.05, 0.1) is 18.3 Å². The number of carbonyl (C=O) groups is 4. The van der Waals surface area contributed by atoms with Crippen LogP contribution >= 0.6 is 0 Å². The third-order valence-corrected chi connectivity index (χ3v) is 14.1. The predicted octanol–water partition coefficient (Wildman–Crippen LogP) is 4.25. The van der Waals surface area contributed by atoms with Crippen LogP contribution in [-0.4, -0.2) is 114 Å². The number of aryl methyl sites for hydroxylation is 1. The number of aromatic hydroxyl groups is 1. The van der Waals surface area contributed by atoms with Gasteiger partial charge in [0.1, 0.15) is 24.1 Å². The summed E-state index contributed by atoms with van der Waals surface area (Å²) in [7, 11) is 0. The van der Waals surface area contributed by atoms with Crippen LogP contribution in [0.25, 0.3) is 0 Å². The van der Waals surface area contributed by atoms with Gasteiger partial charge in [-0.2, -0.15) is 0 Å². The number of nitrogens with zero attached hydrogens (tertiary/aromatic N) is 5. The SMILES string of the molecule is O=C1CCC(N2Cc3cc4c(cc3C2=O)OC[C@@H]2CN(C(=O)CN3CC5(C3)CN(c3ccc([C@@H]6c7ccc(O)cc7CC[C@@H]6c6ccccc6)cc3)C5)CCN42)C(=O)N1. The second-order valence-electron chi connectivity index (χ2n) is 17.9. The van der Waals surface area contributed by atoms with Crippen LogP contribution in [0.2, 0.25) is 0 Å². The van der Waals surface area contributed by atoms with Crippen molar-refractivity contribution in [1.82, 2.24) is 20.0 Å². The minimum atomic E-state index is -0.659. The van der Waals surface area contributed by atoms with Gasteiger partial charge in [-0.05, 0) is 89.4 Å². The van der Waals surface area contributed by atoms with Crippen molar-refractivity contribution in [2.24, 2.45) is 5.41 Å². The topological polar surface area (TPSA) is 126 Å². The summed E-state index contributed by atoms with van der Waals surface area (Å²) < 4.78 is 6.20. The quantitative estimate of drug-likeness (QED) is 0.276. The van der Waals surface area contributed by atoms with Gasteiger partial charge in [0.15, 0.2) is 0 Å². The van der Waals surface area contributed by atoms with Crippen molar-refractivity contribution in [2.45, 2.75) is 56.1 Å². The van der Waals surface area contributed by atoms with E-state index >= 15 is 0 Å². The van der Waals surface area contributed by atoms with Crippen molar-refractivity contribution in [3.8, 4) is 11.5 Å². The zero-order valence-electron chi connectivity index (χ0n) is 33.0. The van der Waals surface area contributed by atoms with E-state index in [1.165, 1.54) is 27.9 Å². The van der Waals surface area contributed by atoms with Crippen LogP contribution in [0, 0.1) is 5.41 Å². The molecule has 4 atom stereocenters. The molecule has 1 unspecified atom stereocenters. The molecule has 6 heterocycles. The van der Waals surface area contributed by atoms with Gasteiger partial charge in [-0.15, -0.1) is 0 Å². The Morgan fingerprint density at radius 1 is 0.831 bits per heavy atom. The molecule has 11 rings (SSSR count). The molecule has 7 aliphatic rings. The minimum Gasteiger partial charge on any atom is -0.508 e. The first-order valence-electron chi connectivity index (χ1n) is 21.1. The molecule has 4 saturated heterocycles. The van der Waals surface area contributed by atoms with E-state index < -0.39 is 11.9 Å². The van der Waals surface area contributed by atoms with Crippen molar-refractivity contribution >= 4 is 35.0 Å². The summed E-state index contributed by atoms with van der Waals surface area (Å²) in [5.41, 5.74) is 9.01. The zero-order chi connectivity index (χ0) is 40.0. The molecule has 4 fully saturated rings. The number of carbonyl (C=O) groups excluding carboxylic acids is 4. The largest absolute Gasteiger partial charge is 0.508 e. The van der Waals surface area contributed by atoms with Crippen LogP contribution in [0.4, 0.5) is 11.4 Å². The maximum Gasteiger partial charge on any atom is 0.255 e. The van der Waals surface area contributed by atoms with Crippen LogP contribution in [0.1, 0.15) is 69.3 Å². The van der Waals surface area contributed by atoms with Crippen molar-refractivity contribution < 1.29 is 29.0 Å². The van der Waals surface area contributed by atoms with E-state index in [2.05, 4.69) is 80.7 Å². The van der Waals surface area contributed by atoms with Gasteiger partial charge < -0.3 is 29.4 Å². The molecule has 4 aromatic rings. The number of ether oxygens (including phenoxy) is 1. The molecule has 4 aromatic carbocycles. The number of nitrogens with one attached hydrogen (secondary N) is 1. The number of phenolic OH excluding ortho intramolecular Hbond substituents is 1. The number of hydrogen-bond acceptors (Lipinski definition) is 9. The number of piperidine rings is 1. The zero-order valence-corrected chi connectivity index (χ0v) is 33.0. The van der Waals surface area contributed by atoms with E-state index in [-0.39, 0.29) is 41.5 Å². The molecule has 0 saturated carbocycles. The van der Waals surface area contributed by atoms with E-state index in [0.717, 1.165) is 50.3 Å². The summed E-state index contributed by atoms with van der Waals surface area (Å²) in [6.07, 6.45) is 2.55. The summed E-state index contributed by atoms with van der Waals surface area (Å²) in [4.78, 5) is 61.8. The molecule has 1 aliphatic carbocycles. The Labute approximate surface area is 343 Å². The Morgan fingerprint density at radius 3 is 2.44 bits per heavy atom. The molecular formula is C47H48N6O6. The van der Waals surface area contributed by atoms with E-state index in [1.807, 2.05) is 23.1 Å². The molecule has 0 aromatic heterocycles. The monoisotopic (exact) mass is 792 g/mol. The Balaban J connectivity index is 0.686. The lowest BCUT2D eigenvalue weighted by molar-refractivity contribution is -0.138. The Bertz CT molecular complexity index is 2370. The highest BCUT2D eigenvalue weighted by Gasteiger charge is 2.52. The molecule has 6 aliphatic heterocycles. The average Bonchev–Trinajstić information content (AvgIpc) is 3.54. The fraction of sp³-hybridized carbons (Fsp3) is 0.404. The number of hydrogen-bond donors (Lipinski definition) is 2. The van der Waals surface area contributed by atoms with Crippen molar-refractivity contribution in [2.75, 3.05) is 68.8 Å². The molecule has 0 bridgehead atoms. The fourth-order valence-electron chi connectivity index (χ4n) is 11.3. The lowest BCUT2D eigenvalue weighted by atomic mass is 9.69. The van der Waals surface area contributed by atoms with E-state index in [4.69, 9.17) is 4.74 Å². The number of piperazine rings is 1. The number of phenols is 1. The normalized spacial score (nSPS) is 25.6. The molecule has 12 nitrogen and oxygen atoms in total. The van der Waals surface area contributed by atoms with Gasteiger partial charge >= 0.3 is 0 Å². The van der Waals surface area contributed by atoms with Crippen LogP contribution in [0.3, 0.4) is 0 Å². The molecule has 59 heavy (non-hydrogen) atoms. The maximum atomic E-state index is 13.6. The average molecular weight is 793 g/mol. The van der Waals surface area contributed by atoms with Gasteiger partial charge in [-0.1, -0.05) is 48.5 Å². The Morgan fingerprint density at radius 2 is 1.64 bits per heavy atom. The molecule has 4 amide bonds. The lowest BCUT2D eigenvalue weighted by Gasteiger charge is -2.61. The second-order valence-corrected chi connectivity index (χ2v) is 17.9. The molecule has 302 valence electrons. The van der Waals surface area contributed by atoms with Gasteiger partial charge in [0.25, 0.3) is 5.91 Å². The summed E-state index contributed by atoms with van der Waals surface area (Å²) in [6.45, 7) is 6.90. The smallest absolute Gasteiger partial charge is 0.255 e. The Kier molecular flexibility index (Phi) is 8.51. The van der Waals surface area contributed by atoms with Gasteiger partial charge in [-0.3, -0.25) is 29.4 Å². The summed E-state index contributed by atoms with van der Waals surface area (Å²) in [6, 6.07) is 29.0. The number of rotatable bonds is 6. The molecule has 12 heteroatoms. The third kappa shape index (κ3) is 6.22. The number of likely N-dealkylation sites (tertiary alicyclic amines) is 1. The first kappa shape index (κ1) is 36.2. The van der Waals surface area contributed by atoms with E-state index in [9.17, 15) is 24.3 Å². The number of amides is 4. The number of imide groups is 1. The lowest BCUT2D eigenvalue weighted by Crippen LogP contribution is -2.73. The predicted molar refractivity (Wildman–Crippen MR) is 221 cm³/mol. The molecule has 2 N–H and O–H groups in total. The number of fused-ring (bicyclic) bond motifs is 5. The van der Waals surface area contributed by atoms with Crippen molar-refractivity contribution in [3.05, 3.63) is 118 Å². The first-order valence-corrected chi connectivity index (χ1v) is 21.1. The standard InChI is InChI=1S/C47H48N6O6/c54-35-11-13-37-31(18-35)8-12-36(29-4-2-1-3-5-29)44(37)30-6-9-33(10-7-30)51-27-47(28-51)25-49(26-47)23-43(56)50-16-17-52-34(22-50)24-59-41-20-38-32(19-40(41)52)21-53(46(38)58)39-14-15-42(55)48-45(39)57/h1-7,9-11,13,18-20,34,36,39,44,54H,8,12,14-17,21-28H2,(H,48,55,57)/t34-,36+,39?,44-/m0/s1. The highest BCUT2D eigenvalue weighted by Crippen LogP contribution is 2.48. The van der Waals surface area contributed by atoms with Gasteiger partial charge in [0, 0.05) is 81.4 Å². The van der Waals surface area contributed by atoms with Crippen LogP contribution in [-0.2, 0) is 27.3 Å². The van der Waals surface area contributed by atoms with Crippen molar-refractivity contribution in [1.29, 1.82) is 0 Å². The molecule has 1 spiro atoms. The van der Waals surface area contributed by atoms with Crippen LogP contribution < -0.4 is 19.9 Å². The van der Waals surface area contributed by atoms with Crippen LogP contribution in [0.15, 0.2) is 84.9 Å². The fourth-order valence-corrected chi connectivity index (χ4v) is 11.3. The molecular weight excluding hydrogens is 745 g/mol. The number of anilines is 2. The minimum absolute atomic E-state index is 0.0152. The number of benzene rings is 4.